The van der Waals surface area contributed by atoms with Gasteiger partial charge >= 0.3 is 0 Å². The van der Waals surface area contributed by atoms with Crippen molar-refractivity contribution in [1.82, 2.24) is 19.8 Å². The number of benzene rings is 1. The molecule has 1 heterocycles. The number of rotatable bonds is 7. The number of aliphatic imine (C=N–C) groups is 1. The van der Waals surface area contributed by atoms with E-state index in [1.165, 1.54) is 4.90 Å². The fourth-order valence-electron chi connectivity index (χ4n) is 3.03. The van der Waals surface area contributed by atoms with Gasteiger partial charge in [0.2, 0.25) is 15.9 Å². The molecule has 28 heavy (non-hydrogen) atoms. The summed E-state index contributed by atoms with van der Waals surface area (Å²) in [6.07, 6.45) is 0.525. The normalized spacial score (nSPS) is 18.8. The van der Waals surface area contributed by atoms with Crippen molar-refractivity contribution in [3.05, 3.63) is 35.9 Å². The van der Waals surface area contributed by atoms with E-state index in [2.05, 4.69) is 15.0 Å². The Morgan fingerprint density at radius 1 is 1.32 bits per heavy atom. The molecule has 1 fully saturated rings. The van der Waals surface area contributed by atoms with Gasteiger partial charge in [0.15, 0.2) is 5.96 Å². The van der Waals surface area contributed by atoms with Gasteiger partial charge in [-0.15, -0.1) is 0 Å². The van der Waals surface area contributed by atoms with E-state index in [4.69, 9.17) is 0 Å². The molecular weight excluding hydrogens is 378 g/mol. The molecule has 9 heteroatoms. The molecule has 2 unspecified atom stereocenters. The predicted octanol–water partition coefficient (Wildman–Crippen LogP) is 0.795. The topological polar surface area (TPSA) is 94.1 Å². The maximum absolute atomic E-state index is 12.3. The second-order valence-corrected chi connectivity index (χ2v) is 9.15. The SMILES string of the molecule is CCNS(=O)(=O)C1CCN(C(=NCC(=O)N(C)C)NC(C)c2ccccc2)C1. The summed E-state index contributed by atoms with van der Waals surface area (Å²) in [6, 6.07) is 9.89. The molecule has 8 nitrogen and oxygen atoms in total. The number of amides is 1. The molecule has 0 radical (unpaired) electrons. The van der Waals surface area contributed by atoms with Gasteiger partial charge in [-0.3, -0.25) is 4.79 Å². The molecular formula is C19H31N5O3S. The van der Waals surface area contributed by atoms with Crippen molar-refractivity contribution in [1.29, 1.82) is 0 Å². The third-order valence-electron chi connectivity index (χ3n) is 4.74. The zero-order valence-electron chi connectivity index (χ0n) is 17.1. The van der Waals surface area contributed by atoms with Crippen molar-refractivity contribution in [3.63, 3.8) is 0 Å². The van der Waals surface area contributed by atoms with Gasteiger partial charge in [-0.25, -0.2) is 18.1 Å². The molecule has 1 aromatic rings. The van der Waals surface area contributed by atoms with Crippen LogP contribution in [0.15, 0.2) is 35.3 Å². The number of guanidine groups is 1. The van der Waals surface area contributed by atoms with Gasteiger partial charge in [0.25, 0.3) is 0 Å². The third-order valence-corrected chi connectivity index (χ3v) is 6.69. The van der Waals surface area contributed by atoms with Crippen molar-refractivity contribution in [2.24, 2.45) is 4.99 Å². The van der Waals surface area contributed by atoms with E-state index < -0.39 is 15.3 Å². The molecule has 156 valence electrons. The molecule has 0 bridgehead atoms. The Kier molecular flexibility index (Phi) is 7.82. The lowest BCUT2D eigenvalue weighted by molar-refractivity contribution is -0.127. The molecule has 1 amide bonds. The molecule has 0 saturated carbocycles. The van der Waals surface area contributed by atoms with Crippen LogP contribution in [0.2, 0.25) is 0 Å². The summed E-state index contributed by atoms with van der Waals surface area (Å²) in [6.45, 7) is 5.09. The number of nitrogens with zero attached hydrogens (tertiary/aromatic N) is 3. The third kappa shape index (κ3) is 5.93. The summed E-state index contributed by atoms with van der Waals surface area (Å²) in [5, 5.41) is 2.87. The van der Waals surface area contributed by atoms with Crippen LogP contribution in [-0.2, 0) is 14.8 Å². The lowest BCUT2D eigenvalue weighted by Crippen LogP contribution is -2.44. The number of carbonyl (C=O) groups excluding carboxylic acids is 1. The number of carbonyl (C=O) groups is 1. The second-order valence-electron chi connectivity index (χ2n) is 7.10. The minimum atomic E-state index is -3.35. The van der Waals surface area contributed by atoms with Gasteiger partial charge in [0.1, 0.15) is 6.54 Å². The first-order valence-corrected chi connectivity index (χ1v) is 11.1. The minimum Gasteiger partial charge on any atom is -0.350 e. The first-order valence-electron chi connectivity index (χ1n) is 9.54. The molecule has 2 N–H and O–H groups in total. The highest BCUT2D eigenvalue weighted by Gasteiger charge is 2.34. The summed E-state index contributed by atoms with van der Waals surface area (Å²) in [4.78, 5) is 19.9. The van der Waals surface area contributed by atoms with Gasteiger partial charge in [-0.05, 0) is 18.9 Å². The quantitative estimate of drug-likeness (QED) is 0.513. The maximum Gasteiger partial charge on any atom is 0.243 e. The lowest BCUT2D eigenvalue weighted by atomic mass is 10.1. The Bertz CT molecular complexity index is 780. The Labute approximate surface area is 168 Å². The van der Waals surface area contributed by atoms with Crippen molar-refractivity contribution in [2.75, 3.05) is 40.3 Å². The van der Waals surface area contributed by atoms with Crippen LogP contribution in [0.1, 0.15) is 31.9 Å². The van der Waals surface area contributed by atoms with Crippen LogP contribution in [0, 0.1) is 0 Å². The van der Waals surface area contributed by atoms with Crippen molar-refractivity contribution in [3.8, 4) is 0 Å². The van der Waals surface area contributed by atoms with Gasteiger partial charge in [-0.1, -0.05) is 37.3 Å². The minimum absolute atomic E-state index is 0.0119. The predicted molar refractivity (Wildman–Crippen MR) is 112 cm³/mol. The smallest absolute Gasteiger partial charge is 0.243 e. The van der Waals surface area contributed by atoms with Gasteiger partial charge < -0.3 is 15.1 Å². The Hall–Kier alpha value is -2.13. The lowest BCUT2D eigenvalue weighted by Gasteiger charge is -2.26. The van der Waals surface area contributed by atoms with E-state index in [1.807, 2.05) is 42.2 Å². The maximum atomic E-state index is 12.3. The average molecular weight is 410 g/mol. The summed E-state index contributed by atoms with van der Waals surface area (Å²) in [5.74, 6) is 0.448. The summed E-state index contributed by atoms with van der Waals surface area (Å²) in [7, 11) is 0.0224. The first-order chi connectivity index (χ1) is 13.2. The molecule has 0 aromatic heterocycles. The number of hydrogen-bond donors (Lipinski definition) is 2. The standard InChI is InChI=1S/C19H31N5O3S/c1-5-21-28(26,27)17-11-12-24(14-17)19(20-13-18(25)23(3)4)22-15(2)16-9-7-6-8-10-16/h6-10,15,17,21H,5,11-14H2,1-4H3,(H,20,22). The van der Waals surface area contributed by atoms with E-state index in [0.717, 1.165) is 5.56 Å². The number of nitrogens with one attached hydrogen (secondary N) is 2. The Morgan fingerprint density at radius 3 is 2.61 bits per heavy atom. The van der Waals surface area contributed by atoms with E-state index in [1.54, 1.807) is 21.0 Å². The highest BCUT2D eigenvalue weighted by Crippen LogP contribution is 2.18. The molecule has 1 aromatic carbocycles. The second kappa shape index (κ2) is 9.88. The molecule has 2 atom stereocenters. The van der Waals surface area contributed by atoms with E-state index in [0.29, 0.717) is 32.0 Å². The van der Waals surface area contributed by atoms with Crippen LogP contribution in [0.4, 0.5) is 0 Å². The molecule has 2 rings (SSSR count). The van der Waals surface area contributed by atoms with Crippen molar-refractivity contribution in [2.45, 2.75) is 31.6 Å². The molecule has 0 aliphatic carbocycles. The fourth-order valence-corrected chi connectivity index (χ4v) is 4.46. The number of likely N-dealkylation sites (N-methyl/N-ethyl adjacent to an activating group) is 1. The molecule has 1 aliphatic heterocycles. The zero-order chi connectivity index (χ0) is 20.7. The zero-order valence-corrected chi connectivity index (χ0v) is 17.9. The summed E-state index contributed by atoms with van der Waals surface area (Å²) in [5.41, 5.74) is 1.09. The van der Waals surface area contributed by atoms with E-state index in [-0.39, 0.29) is 18.5 Å². The van der Waals surface area contributed by atoms with E-state index in [9.17, 15) is 13.2 Å². The van der Waals surface area contributed by atoms with Gasteiger partial charge in [0.05, 0.1) is 11.3 Å². The Balaban J connectivity index is 2.17. The number of hydrogen-bond acceptors (Lipinski definition) is 4. The fraction of sp³-hybridized carbons (Fsp3) is 0.579. The van der Waals surface area contributed by atoms with Crippen LogP contribution < -0.4 is 10.0 Å². The van der Waals surface area contributed by atoms with Crippen LogP contribution in [0.25, 0.3) is 0 Å². The number of sulfonamides is 1. The molecule has 1 saturated heterocycles. The first kappa shape index (κ1) is 22.2. The largest absolute Gasteiger partial charge is 0.350 e. The van der Waals surface area contributed by atoms with Crippen LogP contribution >= 0.6 is 0 Å². The highest BCUT2D eigenvalue weighted by atomic mass is 32.2. The molecule has 1 aliphatic rings. The summed E-state index contributed by atoms with van der Waals surface area (Å²) >= 11 is 0. The highest BCUT2D eigenvalue weighted by molar-refractivity contribution is 7.90. The van der Waals surface area contributed by atoms with Crippen LogP contribution in [-0.4, -0.2) is 75.6 Å². The van der Waals surface area contributed by atoms with Gasteiger partial charge in [-0.2, -0.15) is 0 Å². The van der Waals surface area contributed by atoms with Gasteiger partial charge in [0, 0.05) is 33.7 Å². The van der Waals surface area contributed by atoms with Crippen LogP contribution in [0.5, 0.6) is 0 Å². The Morgan fingerprint density at radius 2 is 2.00 bits per heavy atom. The van der Waals surface area contributed by atoms with Crippen molar-refractivity contribution < 1.29 is 13.2 Å². The average Bonchev–Trinajstić information content (AvgIpc) is 3.16. The van der Waals surface area contributed by atoms with Crippen LogP contribution in [0.3, 0.4) is 0 Å². The van der Waals surface area contributed by atoms with E-state index >= 15 is 0 Å². The monoisotopic (exact) mass is 409 g/mol. The molecule has 0 spiro atoms. The number of likely N-dealkylation sites (tertiary alicyclic amines) is 1. The van der Waals surface area contributed by atoms with Crippen molar-refractivity contribution >= 4 is 21.9 Å². The summed E-state index contributed by atoms with van der Waals surface area (Å²) < 4.78 is 27.3.